The zero-order valence-corrected chi connectivity index (χ0v) is 26.9. The van der Waals surface area contributed by atoms with Crippen molar-refractivity contribution >= 4 is 29.4 Å². The lowest BCUT2D eigenvalue weighted by atomic mass is 9.83. The average molecular weight is 637 g/mol. The molecule has 3 aromatic carbocycles. The highest BCUT2D eigenvalue weighted by atomic mass is 35.5. The number of carbonyl (C=O) groups excluding carboxylic acids is 2. The van der Waals surface area contributed by atoms with Crippen molar-refractivity contribution in [3.05, 3.63) is 94.5 Å². The molecule has 1 aliphatic rings. The van der Waals surface area contributed by atoms with Gasteiger partial charge in [0.15, 0.2) is 11.6 Å². The van der Waals surface area contributed by atoms with Crippen LogP contribution in [0.1, 0.15) is 62.8 Å². The van der Waals surface area contributed by atoms with Crippen molar-refractivity contribution in [1.29, 1.82) is 0 Å². The predicted molar refractivity (Wildman–Crippen MR) is 173 cm³/mol. The van der Waals surface area contributed by atoms with Crippen molar-refractivity contribution in [3.63, 3.8) is 0 Å². The number of amides is 1. The second kappa shape index (κ2) is 15.3. The van der Waals surface area contributed by atoms with Crippen molar-refractivity contribution < 1.29 is 33.6 Å². The number of aliphatic hydroxyl groups is 1. The van der Waals surface area contributed by atoms with Crippen LogP contribution >= 0.6 is 11.6 Å². The van der Waals surface area contributed by atoms with Crippen molar-refractivity contribution in [3.8, 4) is 11.5 Å². The third kappa shape index (κ3) is 9.22. The quantitative estimate of drug-likeness (QED) is 0.169. The molecule has 240 valence electrons. The molecule has 0 aromatic heterocycles. The Labute approximate surface area is 269 Å². The van der Waals surface area contributed by atoms with Crippen LogP contribution in [-0.2, 0) is 25.5 Å². The Morgan fingerprint density at radius 2 is 1.80 bits per heavy atom. The van der Waals surface area contributed by atoms with E-state index in [0.29, 0.717) is 53.6 Å². The lowest BCUT2D eigenvalue weighted by Crippen LogP contribution is -2.49. The number of nitrogens with zero attached hydrogens (tertiary/aromatic N) is 1. The van der Waals surface area contributed by atoms with E-state index in [-0.39, 0.29) is 31.3 Å². The van der Waals surface area contributed by atoms with Crippen molar-refractivity contribution in [1.82, 2.24) is 5.32 Å². The molecule has 1 heterocycles. The third-order valence-electron chi connectivity index (χ3n) is 7.15. The van der Waals surface area contributed by atoms with Crippen LogP contribution in [-0.4, -0.2) is 60.9 Å². The van der Waals surface area contributed by atoms with Gasteiger partial charge in [0, 0.05) is 36.6 Å². The number of esters is 1. The highest BCUT2D eigenvalue weighted by Gasteiger charge is 2.53. The van der Waals surface area contributed by atoms with Gasteiger partial charge < -0.3 is 29.4 Å². The van der Waals surface area contributed by atoms with Gasteiger partial charge >= 0.3 is 5.97 Å². The smallest absolute Gasteiger partial charge is 0.306 e. The molecule has 45 heavy (non-hydrogen) atoms. The molecule has 0 saturated carbocycles. The van der Waals surface area contributed by atoms with Crippen LogP contribution in [0.2, 0.25) is 5.02 Å². The first-order valence-electron chi connectivity index (χ1n) is 15.0. The minimum Gasteiger partial charge on any atom is -0.497 e. The summed E-state index contributed by atoms with van der Waals surface area (Å²) in [6.07, 6.45) is 0.187. The molecule has 2 N–H and O–H groups in total. The zero-order valence-electron chi connectivity index (χ0n) is 26.2. The van der Waals surface area contributed by atoms with Gasteiger partial charge in [-0.25, -0.2) is 4.99 Å². The summed E-state index contributed by atoms with van der Waals surface area (Å²) in [5.41, 5.74) is 0.109. The fourth-order valence-electron chi connectivity index (χ4n) is 5.03. The minimum absolute atomic E-state index is 0.0403. The molecular formula is C35H41ClN2O7. The van der Waals surface area contributed by atoms with Crippen LogP contribution in [0.25, 0.3) is 0 Å². The maximum Gasteiger partial charge on any atom is 0.306 e. The molecule has 2 atom stereocenters. The number of benzene rings is 3. The van der Waals surface area contributed by atoms with Gasteiger partial charge in [0.25, 0.3) is 5.91 Å². The number of aliphatic imine (C=N–C) groups is 1. The predicted octanol–water partition coefficient (Wildman–Crippen LogP) is 5.85. The number of aliphatic hydroxyl groups excluding tert-OH is 1. The van der Waals surface area contributed by atoms with E-state index in [9.17, 15) is 9.59 Å². The fraction of sp³-hybridized carbons (Fsp3) is 0.400. The summed E-state index contributed by atoms with van der Waals surface area (Å²) in [4.78, 5) is 32.2. The fourth-order valence-corrected chi connectivity index (χ4v) is 5.24. The highest BCUT2D eigenvalue weighted by molar-refractivity contribution is 6.30. The molecule has 3 aromatic rings. The number of carbonyl (C=O) groups is 2. The van der Waals surface area contributed by atoms with E-state index in [0.717, 1.165) is 5.56 Å². The first-order chi connectivity index (χ1) is 21.5. The van der Waals surface area contributed by atoms with Gasteiger partial charge in [0.05, 0.1) is 13.7 Å². The molecule has 9 nitrogen and oxygen atoms in total. The van der Waals surface area contributed by atoms with Gasteiger partial charge in [-0.2, -0.15) is 0 Å². The summed E-state index contributed by atoms with van der Waals surface area (Å²) in [6.45, 7) is 6.15. The summed E-state index contributed by atoms with van der Waals surface area (Å²) in [6, 6.07) is 21.9. The second-order valence-corrected chi connectivity index (χ2v) is 12.2. The van der Waals surface area contributed by atoms with E-state index in [1.54, 1.807) is 58.2 Å². The van der Waals surface area contributed by atoms with Gasteiger partial charge in [0.2, 0.25) is 5.90 Å². The van der Waals surface area contributed by atoms with E-state index in [1.807, 2.05) is 42.5 Å². The summed E-state index contributed by atoms with van der Waals surface area (Å²) in [7, 11) is 1.57. The number of nitrogens with one attached hydrogen (secondary N) is 1. The van der Waals surface area contributed by atoms with Gasteiger partial charge in [-0.15, -0.1) is 0 Å². The monoisotopic (exact) mass is 636 g/mol. The molecule has 0 bridgehead atoms. The van der Waals surface area contributed by atoms with Gasteiger partial charge in [-0.1, -0.05) is 35.9 Å². The molecule has 0 saturated heterocycles. The standard InChI is InChI=1S/C35H41ClN2O7/c1-34(2,3)45-30(40)16-18-35(33(41)37-19-17-24-8-5-10-27(36)22-24)31(26-9-6-11-29(23-26)42-4)44-32(38-35)25-12-14-28(15-13-25)43-21-7-20-39/h5-6,8-15,22-23,31,39H,7,16-21H2,1-4H3,(H,37,41)/t31-,35-/m1/s1. The molecule has 0 spiro atoms. The van der Waals surface area contributed by atoms with Crippen LogP contribution in [0.5, 0.6) is 11.5 Å². The number of rotatable bonds is 14. The lowest BCUT2D eigenvalue weighted by Gasteiger charge is -2.31. The summed E-state index contributed by atoms with van der Waals surface area (Å²) in [5, 5.41) is 12.7. The summed E-state index contributed by atoms with van der Waals surface area (Å²) < 4.78 is 23.3. The maximum absolute atomic E-state index is 14.3. The zero-order chi connectivity index (χ0) is 32.5. The van der Waals surface area contributed by atoms with Gasteiger partial charge in [-0.3, -0.25) is 9.59 Å². The Hall–Kier alpha value is -4.08. The number of halogens is 1. The van der Waals surface area contributed by atoms with Crippen LogP contribution < -0.4 is 14.8 Å². The van der Waals surface area contributed by atoms with Crippen molar-refractivity contribution in [2.75, 3.05) is 26.9 Å². The number of methoxy groups -OCH3 is 1. The Kier molecular flexibility index (Phi) is 11.5. The molecule has 0 fully saturated rings. The molecule has 4 rings (SSSR count). The Morgan fingerprint density at radius 1 is 1.04 bits per heavy atom. The van der Waals surface area contributed by atoms with Crippen LogP contribution in [0.4, 0.5) is 0 Å². The Balaban J connectivity index is 1.70. The summed E-state index contributed by atoms with van der Waals surface area (Å²) in [5.74, 6) is 0.672. The SMILES string of the molecule is COc1cccc([C@H]2OC(c3ccc(OCCCO)cc3)=N[C@@]2(CCC(=O)OC(C)(C)C)C(=O)NCCc2cccc(Cl)c2)c1. The lowest BCUT2D eigenvalue weighted by molar-refractivity contribution is -0.155. The van der Waals surface area contributed by atoms with Crippen LogP contribution in [0.3, 0.4) is 0 Å². The highest BCUT2D eigenvalue weighted by Crippen LogP contribution is 2.44. The Bertz CT molecular complexity index is 1490. The Morgan fingerprint density at radius 3 is 2.49 bits per heavy atom. The minimum atomic E-state index is -1.50. The van der Waals surface area contributed by atoms with Gasteiger partial charge in [0.1, 0.15) is 17.1 Å². The molecule has 0 unspecified atom stereocenters. The number of hydrogen-bond donors (Lipinski definition) is 2. The van der Waals surface area contributed by atoms with E-state index in [1.165, 1.54) is 0 Å². The average Bonchev–Trinajstić information content (AvgIpc) is 3.41. The molecule has 1 aliphatic heterocycles. The normalized spacial score (nSPS) is 17.6. The molecule has 1 amide bonds. The molecule has 0 aliphatic carbocycles. The first-order valence-corrected chi connectivity index (χ1v) is 15.4. The number of hydrogen-bond acceptors (Lipinski definition) is 8. The first kappa shape index (κ1) is 33.8. The van der Waals surface area contributed by atoms with Crippen LogP contribution in [0, 0.1) is 0 Å². The van der Waals surface area contributed by atoms with Crippen LogP contribution in [0.15, 0.2) is 77.8 Å². The molecule has 10 heteroatoms. The van der Waals surface area contributed by atoms with E-state index < -0.39 is 23.2 Å². The van der Waals surface area contributed by atoms with E-state index >= 15 is 0 Å². The topological polar surface area (TPSA) is 116 Å². The molecular weight excluding hydrogens is 596 g/mol. The maximum atomic E-state index is 14.3. The van der Waals surface area contributed by atoms with Crippen molar-refractivity contribution in [2.24, 2.45) is 4.99 Å². The van der Waals surface area contributed by atoms with Crippen molar-refractivity contribution in [2.45, 2.75) is 63.7 Å². The summed E-state index contributed by atoms with van der Waals surface area (Å²) >= 11 is 6.16. The van der Waals surface area contributed by atoms with E-state index in [2.05, 4.69) is 5.32 Å². The largest absolute Gasteiger partial charge is 0.497 e. The number of ether oxygens (including phenoxy) is 4. The second-order valence-electron chi connectivity index (χ2n) is 11.8. The van der Waals surface area contributed by atoms with Gasteiger partial charge in [-0.05, 0) is 93.3 Å². The molecule has 0 radical (unpaired) electrons. The van der Waals surface area contributed by atoms with E-state index in [4.69, 9.17) is 40.6 Å². The third-order valence-corrected chi connectivity index (χ3v) is 7.38.